The Labute approximate surface area is 136 Å². The molecule has 0 bridgehead atoms. The molecule has 0 radical (unpaired) electrons. The van der Waals surface area contributed by atoms with E-state index in [0.29, 0.717) is 5.56 Å². The van der Waals surface area contributed by atoms with Crippen LogP contribution in [0.15, 0.2) is 54.6 Å². The monoisotopic (exact) mass is 302 g/mol. The zero-order chi connectivity index (χ0) is 15.7. The van der Waals surface area contributed by atoms with E-state index in [-0.39, 0.29) is 5.60 Å². The van der Waals surface area contributed by atoms with Crippen molar-refractivity contribution >= 4 is 5.57 Å². The molecule has 3 heteroatoms. The number of piperidine rings is 1. The van der Waals surface area contributed by atoms with Gasteiger partial charge in [0.1, 0.15) is 11.4 Å². The standard InChI is InChI=1S/C20H18N2O/c21-14-15-5-7-16(8-6-15)18-13-20(9-11-22-12-10-20)23-19-4-2-1-3-17(18)19/h1-8,13,22H,9-12H2. The van der Waals surface area contributed by atoms with E-state index >= 15 is 0 Å². The molecule has 23 heavy (non-hydrogen) atoms. The fraction of sp³-hybridized carbons (Fsp3) is 0.250. The molecule has 1 N–H and O–H groups in total. The molecule has 0 atom stereocenters. The third-order valence-electron chi connectivity index (χ3n) is 4.67. The Morgan fingerprint density at radius 3 is 2.48 bits per heavy atom. The molecule has 0 amide bonds. The van der Waals surface area contributed by atoms with Gasteiger partial charge in [-0.1, -0.05) is 30.3 Å². The highest BCUT2D eigenvalue weighted by atomic mass is 16.5. The van der Waals surface area contributed by atoms with Crippen LogP contribution in [-0.2, 0) is 0 Å². The molecule has 2 aliphatic heterocycles. The van der Waals surface area contributed by atoms with Crippen LogP contribution in [0.1, 0.15) is 29.5 Å². The van der Waals surface area contributed by atoms with Gasteiger partial charge in [0.2, 0.25) is 0 Å². The number of ether oxygens (including phenoxy) is 1. The first-order valence-electron chi connectivity index (χ1n) is 8.02. The minimum Gasteiger partial charge on any atom is -0.482 e. The summed E-state index contributed by atoms with van der Waals surface area (Å²) in [5.74, 6) is 0.955. The summed E-state index contributed by atoms with van der Waals surface area (Å²) in [5, 5.41) is 12.4. The first kappa shape index (κ1) is 14.0. The normalized spacial score (nSPS) is 18.5. The van der Waals surface area contributed by atoms with Gasteiger partial charge in [-0.15, -0.1) is 0 Å². The van der Waals surface area contributed by atoms with Gasteiger partial charge in [0.25, 0.3) is 0 Å². The number of fused-ring (bicyclic) bond motifs is 1. The molecule has 1 fully saturated rings. The molecule has 2 heterocycles. The number of hydrogen-bond donors (Lipinski definition) is 1. The fourth-order valence-corrected chi connectivity index (χ4v) is 3.43. The number of benzene rings is 2. The number of para-hydroxylation sites is 1. The molecule has 114 valence electrons. The van der Waals surface area contributed by atoms with Gasteiger partial charge in [0.15, 0.2) is 0 Å². The lowest BCUT2D eigenvalue weighted by Crippen LogP contribution is -2.46. The minimum absolute atomic E-state index is 0.219. The minimum atomic E-state index is -0.219. The molecule has 2 aromatic rings. The first-order chi connectivity index (χ1) is 11.3. The smallest absolute Gasteiger partial charge is 0.130 e. The third kappa shape index (κ3) is 2.52. The number of rotatable bonds is 1. The Morgan fingerprint density at radius 1 is 1.00 bits per heavy atom. The van der Waals surface area contributed by atoms with Crippen LogP contribution in [0.4, 0.5) is 0 Å². The number of nitriles is 1. The molecule has 3 nitrogen and oxygen atoms in total. The molecular formula is C20H18N2O. The molecule has 1 spiro atoms. The third-order valence-corrected chi connectivity index (χ3v) is 4.67. The van der Waals surface area contributed by atoms with Crippen molar-refractivity contribution in [3.05, 3.63) is 71.3 Å². The van der Waals surface area contributed by atoms with Gasteiger partial charge in [-0.3, -0.25) is 0 Å². The van der Waals surface area contributed by atoms with E-state index in [2.05, 4.69) is 29.6 Å². The molecule has 0 unspecified atom stereocenters. The molecule has 2 aromatic carbocycles. The van der Waals surface area contributed by atoms with Gasteiger partial charge in [0.05, 0.1) is 11.6 Å². The van der Waals surface area contributed by atoms with E-state index < -0.39 is 0 Å². The summed E-state index contributed by atoms with van der Waals surface area (Å²) in [6, 6.07) is 18.2. The topological polar surface area (TPSA) is 45.0 Å². The Bertz CT molecular complexity index is 793. The van der Waals surface area contributed by atoms with Gasteiger partial charge in [-0.2, -0.15) is 5.26 Å². The molecular weight excluding hydrogens is 284 g/mol. The second-order valence-corrected chi connectivity index (χ2v) is 6.16. The van der Waals surface area contributed by atoms with Crippen LogP contribution < -0.4 is 10.1 Å². The largest absolute Gasteiger partial charge is 0.482 e. The Morgan fingerprint density at radius 2 is 1.74 bits per heavy atom. The maximum atomic E-state index is 9.00. The highest BCUT2D eigenvalue weighted by Crippen LogP contribution is 2.42. The summed E-state index contributed by atoms with van der Waals surface area (Å²) < 4.78 is 6.39. The highest BCUT2D eigenvalue weighted by molar-refractivity contribution is 5.85. The first-order valence-corrected chi connectivity index (χ1v) is 8.02. The Hall–Kier alpha value is -2.57. The van der Waals surface area contributed by atoms with Gasteiger partial charge >= 0.3 is 0 Å². The second-order valence-electron chi connectivity index (χ2n) is 6.16. The predicted octanol–water partition coefficient (Wildman–Crippen LogP) is 3.50. The quantitative estimate of drug-likeness (QED) is 0.877. The zero-order valence-corrected chi connectivity index (χ0v) is 12.9. The summed E-state index contributed by atoms with van der Waals surface area (Å²) in [4.78, 5) is 0. The molecule has 2 aliphatic rings. The van der Waals surface area contributed by atoms with Crippen LogP contribution >= 0.6 is 0 Å². The van der Waals surface area contributed by atoms with E-state index in [0.717, 1.165) is 42.8 Å². The lowest BCUT2D eigenvalue weighted by atomic mass is 9.83. The van der Waals surface area contributed by atoms with Crippen molar-refractivity contribution in [1.82, 2.24) is 5.32 Å². The van der Waals surface area contributed by atoms with E-state index in [1.54, 1.807) is 0 Å². The molecule has 0 aromatic heterocycles. The predicted molar refractivity (Wildman–Crippen MR) is 90.1 cm³/mol. The van der Waals surface area contributed by atoms with Crippen molar-refractivity contribution in [2.75, 3.05) is 13.1 Å². The van der Waals surface area contributed by atoms with Crippen LogP contribution in [-0.4, -0.2) is 18.7 Å². The summed E-state index contributed by atoms with van der Waals surface area (Å²) in [6.45, 7) is 1.94. The van der Waals surface area contributed by atoms with Crippen molar-refractivity contribution in [3.8, 4) is 11.8 Å². The van der Waals surface area contributed by atoms with Crippen molar-refractivity contribution in [1.29, 1.82) is 5.26 Å². The van der Waals surface area contributed by atoms with Gasteiger partial charge < -0.3 is 10.1 Å². The van der Waals surface area contributed by atoms with Crippen LogP contribution in [0.3, 0.4) is 0 Å². The summed E-state index contributed by atoms with van der Waals surface area (Å²) >= 11 is 0. The number of nitrogens with one attached hydrogen (secondary N) is 1. The fourth-order valence-electron chi connectivity index (χ4n) is 3.43. The maximum Gasteiger partial charge on any atom is 0.130 e. The zero-order valence-electron chi connectivity index (χ0n) is 12.9. The SMILES string of the molecule is N#Cc1ccc(C2=CC3(CCNCC3)Oc3ccccc32)cc1. The van der Waals surface area contributed by atoms with Gasteiger partial charge in [-0.05, 0) is 48.5 Å². The van der Waals surface area contributed by atoms with Gasteiger partial charge in [0, 0.05) is 18.4 Å². The second kappa shape index (κ2) is 5.57. The highest BCUT2D eigenvalue weighted by Gasteiger charge is 2.36. The van der Waals surface area contributed by atoms with E-state index in [1.807, 2.05) is 36.4 Å². The Balaban J connectivity index is 1.84. The summed E-state index contributed by atoms with van der Waals surface area (Å²) in [6.07, 6.45) is 4.24. The number of hydrogen-bond acceptors (Lipinski definition) is 3. The van der Waals surface area contributed by atoms with Crippen molar-refractivity contribution < 1.29 is 4.74 Å². The average molecular weight is 302 g/mol. The summed E-state index contributed by atoms with van der Waals surface area (Å²) in [5.41, 5.74) is 3.94. The maximum absolute atomic E-state index is 9.00. The molecule has 0 aliphatic carbocycles. The van der Waals surface area contributed by atoms with Gasteiger partial charge in [-0.25, -0.2) is 0 Å². The van der Waals surface area contributed by atoms with Crippen LogP contribution in [0.5, 0.6) is 5.75 Å². The van der Waals surface area contributed by atoms with E-state index in [4.69, 9.17) is 10.00 Å². The lowest BCUT2D eigenvalue weighted by Gasteiger charge is -2.40. The van der Waals surface area contributed by atoms with Crippen LogP contribution in [0, 0.1) is 11.3 Å². The van der Waals surface area contributed by atoms with Crippen LogP contribution in [0.2, 0.25) is 0 Å². The van der Waals surface area contributed by atoms with E-state index in [1.165, 1.54) is 5.57 Å². The molecule has 4 rings (SSSR count). The van der Waals surface area contributed by atoms with Crippen molar-refractivity contribution in [2.45, 2.75) is 18.4 Å². The van der Waals surface area contributed by atoms with Crippen molar-refractivity contribution in [2.24, 2.45) is 0 Å². The lowest BCUT2D eigenvalue weighted by molar-refractivity contribution is 0.0817. The number of nitrogens with zero attached hydrogens (tertiary/aromatic N) is 1. The summed E-state index contributed by atoms with van der Waals surface area (Å²) in [7, 11) is 0. The van der Waals surface area contributed by atoms with Crippen LogP contribution in [0.25, 0.3) is 5.57 Å². The Kier molecular flexibility index (Phi) is 3.40. The molecule has 1 saturated heterocycles. The molecule has 0 saturated carbocycles. The average Bonchev–Trinajstić information content (AvgIpc) is 2.62. The van der Waals surface area contributed by atoms with E-state index in [9.17, 15) is 0 Å². The van der Waals surface area contributed by atoms with Crippen molar-refractivity contribution in [3.63, 3.8) is 0 Å².